The third-order valence-corrected chi connectivity index (χ3v) is 3.82. The summed E-state index contributed by atoms with van der Waals surface area (Å²) in [5.41, 5.74) is 7.60. The van der Waals surface area contributed by atoms with Crippen molar-refractivity contribution in [3.63, 3.8) is 0 Å². The largest absolute Gasteiger partial charge is 0.325 e. The van der Waals surface area contributed by atoms with E-state index in [0.29, 0.717) is 17.1 Å². The molecule has 1 aromatic carbocycles. The van der Waals surface area contributed by atoms with Crippen molar-refractivity contribution in [2.75, 3.05) is 5.32 Å². The van der Waals surface area contributed by atoms with Crippen LogP contribution in [0.1, 0.15) is 37.7 Å². The zero-order valence-electron chi connectivity index (χ0n) is 10.6. The topological polar surface area (TPSA) is 55.1 Å². The van der Waals surface area contributed by atoms with Crippen LogP contribution in [-0.2, 0) is 4.79 Å². The predicted octanol–water partition coefficient (Wildman–Crippen LogP) is 3.25. The second kappa shape index (κ2) is 5.29. The SMILES string of the molecule is Cc1ccc(NC(=O)CC2(N)CCCC2)c(Cl)c1. The fourth-order valence-electron chi connectivity index (χ4n) is 2.49. The predicted molar refractivity (Wildman–Crippen MR) is 74.8 cm³/mol. The first-order valence-corrected chi connectivity index (χ1v) is 6.71. The Kier molecular flexibility index (Phi) is 3.93. The van der Waals surface area contributed by atoms with Crippen molar-refractivity contribution in [2.45, 2.75) is 44.6 Å². The number of nitrogens with two attached hydrogens (primary N) is 1. The Labute approximate surface area is 113 Å². The van der Waals surface area contributed by atoms with Crippen LogP contribution >= 0.6 is 11.6 Å². The molecule has 3 nitrogen and oxygen atoms in total. The molecule has 0 aromatic heterocycles. The van der Waals surface area contributed by atoms with E-state index in [-0.39, 0.29) is 11.4 Å². The van der Waals surface area contributed by atoms with Crippen molar-refractivity contribution >= 4 is 23.2 Å². The molecule has 1 aliphatic carbocycles. The molecule has 0 bridgehead atoms. The highest BCUT2D eigenvalue weighted by molar-refractivity contribution is 6.33. The van der Waals surface area contributed by atoms with E-state index in [9.17, 15) is 4.79 Å². The summed E-state index contributed by atoms with van der Waals surface area (Å²) in [6, 6.07) is 5.59. The molecule has 98 valence electrons. The highest BCUT2D eigenvalue weighted by Gasteiger charge is 2.31. The molecular weight excluding hydrogens is 248 g/mol. The van der Waals surface area contributed by atoms with E-state index in [1.807, 2.05) is 25.1 Å². The van der Waals surface area contributed by atoms with Gasteiger partial charge in [0.1, 0.15) is 0 Å². The van der Waals surface area contributed by atoms with Gasteiger partial charge in [0.25, 0.3) is 0 Å². The van der Waals surface area contributed by atoms with Gasteiger partial charge in [-0.25, -0.2) is 0 Å². The Bertz CT molecular complexity index is 453. The monoisotopic (exact) mass is 266 g/mol. The molecule has 1 aromatic rings. The number of benzene rings is 1. The van der Waals surface area contributed by atoms with Gasteiger partial charge in [-0.1, -0.05) is 30.5 Å². The van der Waals surface area contributed by atoms with Crippen molar-refractivity contribution in [1.29, 1.82) is 0 Å². The summed E-state index contributed by atoms with van der Waals surface area (Å²) in [5, 5.41) is 3.41. The van der Waals surface area contributed by atoms with Crippen LogP contribution in [0.4, 0.5) is 5.69 Å². The van der Waals surface area contributed by atoms with Crippen LogP contribution in [-0.4, -0.2) is 11.4 Å². The highest BCUT2D eigenvalue weighted by atomic mass is 35.5. The van der Waals surface area contributed by atoms with E-state index in [1.54, 1.807) is 0 Å². The molecule has 18 heavy (non-hydrogen) atoms. The van der Waals surface area contributed by atoms with Gasteiger partial charge in [0.15, 0.2) is 0 Å². The van der Waals surface area contributed by atoms with Crippen molar-refractivity contribution in [3.05, 3.63) is 28.8 Å². The van der Waals surface area contributed by atoms with E-state index < -0.39 is 0 Å². The van der Waals surface area contributed by atoms with Gasteiger partial charge >= 0.3 is 0 Å². The Morgan fingerprint density at radius 2 is 2.11 bits per heavy atom. The number of nitrogens with one attached hydrogen (secondary N) is 1. The molecular formula is C14H19ClN2O. The second-order valence-corrected chi connectivity index (χ2v) is 5.68. The molecule has 1 amide bonds. The van der Waals surface area contributed by atoms with Crippen LogP contribution in [0.15, 0.2) is 18.2 Å². The summed E-state index contributed by atoms with van der Waals surface area (Å²) in [5.74, 6) is -0.0508. The highest BCUT2D eigenvalue weighted by Crippen LogP contribution is 2.31. The normalized spacial score (nSPS) is 17.7. The number of hydrogen-bond acceptors (Lipinski definition) is 2. The Hall–Kier alpha value is -1.06. The number of aryl methyl sites for hydroxylation is 1. The zero-order chi connectivity index (χ0) is 13.2. The lowest BCUT2D eigenvalue weighted by molar-refractivity contribution is -0.117. The third-order valence-electron chi connectivity index (χ3n) is 3.51. The third kappa shape index (κ3) is 3.24. The minimum absolute atomic E-state index is 0.0508. The number of anilines is 1. The van der Waals surface area contributed by atoms with Crippen LogP contribution in [0.25, 0.3) is 0 Å². The standard InChI is InChI=1S/C14H19ClN2O/c1-10-4-5-12(11(15)8-10)17-13(18)9-14(16)6-2-3-7-14/h4-5,8H,2-3,6-7,9,16H2,1H3,(H,17,18). The van der Waals surface area contributed by atoms with Gasteiger partial charge in [0.05, 0.1) is 10.7 Å². The summed E-state index contributed by atoms with van der Waals surface area (Å²) >= 11 is 6.08. The molecule has 4 heteroatoms. The first-order valence-electron chi connectivity index (χ1n) is 6.33. The number of rotatable bonds is 3. The Morgan fingerprint density at radius 1 is 1.44 bits per heavy atom. The molecule has 0 heterocycles. The molecule has 1 aliphatic rings. The van der Waals surface area contributed by atoms with Gasteiger partial charge < -0.3 is 11.1 Å². The van der Waals surface area contributed by atoms with Crippen LogP contribution in [0, 0.1) is 6.92 Å². The summed E-state index contributed by atoms with van der Waals surface area (Å²) < 4.78 is 0. The number of amides is 1. The average Bonchev–Trinajstić information content (AvgIpc) is 2.69. The maximum absolute atomic E-state index is 12.0. The summed E-state index contributed by atoms with van der Waals surface area (Å²) in [7, 11) is 0. The second-order valence-electron chi connectivity index (χ2n) is 5.28. The lowest BCUT2D eigenvalue weighted by atomic mass is 9.94. The average molecular weight is 267 g/mol. The van der Waals surface area contributed by atoms with Gasteiger partial charge in [-0.05, 0) is 37.5 Å². The number of carbonyl (C=O) groups is 1. The molecule has 0 saturated heterocycles. The van der Waals surface area contributed by atoms with Crippen LogP contribution in [0.5, 0.6) is 0 Å². The van der Waals surface area contributed by atoms with Crippen molar-refractivity contribution < 1.29 is 4.79 Å². The van der Waals surface area contributed by atoms with E-state index in [4.69, 9.17) is 17.3 Å². The number of hydrogen-bond donors (Lipinski definition) is 2. The Balaban J connectivity index is 1.98. The minimum atomic E-state index is -0.318. The van der Waals surface area contributed by atoms with Gasteiger partial charge in [-0.15, -0.1) is 0 Å². The number of carbonyl (C=O) groups excluding carboxylic acids is 1. The zero-order valence-corrected chi connectivity index (χ0v) is 11.4. The smallest absolute Gasteiger partial charge is 0.226 e. The molecule has 1 saturated carbocycles. The van der Waals surface area contributed by atoms with Crippen molar-refractivity contribution in [2.24, 2.45) is 5.73 Å². The quantitative estimate of drug-likeness (QED) is 0.882. The van der Waals surface area contributed by atoms with Gasteiger partial charge in [-0.2, -0.15) is 0 Å². The fourth-order valence-corrected chi connectivity index (χ4v) is 2.77. The fraction of sp³-hybridized carbons (Fsp3) is 0.500. The molecule has 0 spiro atoms. The van der Waals surface area contributed by atoms with Crippen molar-refractivity contribution in [3.8, 4) is 0 Å². The minimum Gasteiger partial charge on any atom is -0.325 e. The maximum atomic E-state index is 12.0. The first kappa shape index (κ1) is 13.4. The van der Waals surface area contributed by atoms with Crippen LogP contribution < -0.4 is 11.1 Å². The van der Waals surface area contributed by atoms with E-state index >= 15 is 0 Å². The molecule has 3 N–H and O–H groups in total. The lowest BCUT2D eigenvalue weighted by Gasteiger charge is -2.22. The van der Waals surface area contributed by atoms with Gasteiger partial charge in [0, 0.05) is 12.0 Å². The molecule has 0 radical (unpaired) electrons. The molecule has 1 fully saturated rings. The summed E-state index contributed by atoms with van der Waals surface area (Å²) in [6.07, 6.45) is 4.48. The van der Waals surface area contributed by atoms with E-state index in [1.165, 1.54) is 0 Å². The van der Waals surface area contributed by atoms with Crippen molar-refractivity contribution in [1.82, 2.24) is 0 Å². The molecule has 2 rings (SSSR count). The van der Waals surface area contributed by atoms with Gasteiger partial charge in [0.2, 0.25) is 5.91 Å². The molecule has 0 aliphatic heterocycles. The molecule has 0 atom stereocenters. The van der Waals surface area contributed by atoms with Crippen LogP contribution in [0.3, 0.4) is 0 Å². The van der Waals surface area contributed by atoms with Gasteiger partial charge in [-0.3, -0.25) is 4.79 Å². The van der Waals surface area contributed by atoms with E-state index in [2.05, 4.69) is 5.32 Å². The Morgan fingerprint density at radius 3 is 2.72 bits per heavy atom. The summed E-state index contributed by atoms with van der Waals surface area (Å²) in [4.78, 5) is 12.0. The maximum Gasteiger partial charge on any atom is 0.226 e. The lowest BCUT2D eigenvalue weighted by Crippen LogP contribution is -2.40. The first-order chi connectivity index (χ1) is 8.48. The van der Waals surface area contributed by atoms with Crippen LogP contribution in [0.2, 0.25) is 5.02 Å². The summed E-state index contributed by atoms with van der Waals surface area (Å²) in [6.45, 7) is 1.96. The number of halogens is 1. The molecule has 0 unspecified atom stereocenters. The van der Waals surface area contributed by atoms with E-state index in [0.717, 1.165) is 31.2 Å².